The van der Waals surface area contributed by atoms with E-state index >= 15 is 0 Å². The molecule has 0 amide bonds. The molecule has 1 aromatic rings. The topological polar surface area (TPSA) is 36.4 Å². The molecule has 20 heavy (non-hydrogen) atoms. The Hall–Kier alpha value is -0.610. The third-order valence-corrected chi connectivity index (χ3v) is 5.85. The molecular weight excluding hydrogens is 268 g/mol. The molecule has 0 bridgehead atoms. The summed E-state index contributed by atoms with van der Waals surface area (Å²) in [6.45, 7) is 13.4. The molecule has 3 nitrogen and oxygen atoms in total. The first-order chi connectivity index (χ1) is 9.35. The number of aliphatic hydroxyl groups is 1. The van der Waals surface area contributed by atoms with Gasteiger partial charge in [-0.2, -0.15) is 0 Å². The summed E-state index contributed by atoms with van der Waals surface area (Å²) >= 11 is 1.67. The Bertz CT molecular complexity index is 458. The second-order valence-corrected chi connectivity index (χ2v) is 8.12. The zero-order valence-corrected chi connectivity index (χ0v) is 14.3. The van der Waals surface area contributed by atoms with Crippen molar-refractivity contribution in [3.63, 3.8) is 0 Å². The Morgan fingerprint density at radius 1 is 1.30 bits per heavy atom. The third-order valence-electron chi connectivity index (χ3n) is 4.75. The number of hydrogen-bond acceptors (Lipinski definition) is 4. The van der Waals surface area contributed by atoms with E-state index in [-0.39, 0.29) is 12.0 Å². The summed E-state index contributed by atoms with van der Waals surface area (Å²) in [6.07, 6.45) is 3.74. The highest BCUT2D eigenvalue weighted by Crippen LogP contribution is 2.41. The van der Waals surface area contributed by atoms with Crippen molar-refractivity contribution in [2.24, 2.45) is 5.41 Å². The minimum atomic E-state index is -0.000854. The molecule has 1 fully saturated rings. The highest BCUT2D eigenvalue weighted by molar-refractivity contribution is 7.15. The van der Waals surface area contributed by atoms with E-state index in [1.54, 1.807) is 11.3 Å². The first kappa shape index (κ1) is 15.8. The summed E-state index contributed by atoms with van der Waals surface area (Å²) in [6, 6.07) is 0. The molecule has 2 heterocycles. The molecule has 0 saturated carbocycles. The molecule has 1 aliphatic heterocycles. The van der Waals surface area contributed by atoms with E-state index in [9.17, 15) is 5.11 Å². The van der Waals surface area contributed by atoms with Crippen molar-refractivity contribution in [2.75, 3.05) is 18.0 Å². The molecule has 4 heteroatoms. The van der Waals surface area contributed by atoms with Crippen molar-refractivity contribution in [2.45, 2.75) is 65.9 Å². The Labute approximate surface area is 127 Å². The van der Waals surface area contributed by atoms with Crippen LogP contribution >= 0.6 is 11.3 Å². The lowest BCUT2D eigenvalue weighted by atomic mass is 9.82. The van der Waals surface area contributed by atoms with Crippen LogP contribution in [-0.4, -0.2) is 23.2 Å². The average molecular weight is 296 g/mol. The Morgan fingerprint density at radius 2 is 1.95 bits per heavy atom. The van der Waals surface area contributed by atoms with E-state index in [4.69, 9.17) is 4.98 Å². The standard InChI is InChI=1S/C16H28N2OS/c1-6-16(7-2)8-9-18(11-16)14-17-13(15(3,4)5)12(10-19)20-14/h19H,6-11H2,1-5H3. The average Bonchev–Trinajstić information content (AvgIpc) is 3.02. The largest absolute Gasteiger partial charge is 0.391 e. The van der Waals surface area contributed by atoms with Crippen LogP contribution in [0.1, 0.15) is 64.5 Å². The van der Waals surface area contributed by atoms with E-state index < -0.39 is 0 Å². The molecule has 1 aromatic heterocycles. The number of hydrogen-bond donors (Lipinski definition) is 1. The van der Waals surface area contributed by atoms with Gasteiger partial charge in [-0.25, -0.2) is 4.98 Å². The maximum atomic E-state index is 9.58. The lowest BCUT2D eigenvalue weighted by molar-refractivity contribution is 0.282. The van der Waals surface area contributed by atoms with Crippen LogP contribution in [0.5, 0.6) is 0 Å². The number of aromatic nitrogens is 1. The van der Waals surface area contributed by atoms with Crippen molar-refractivity contribution in [3.8, 4) is 0 Å². The van der Waals surface area contributed by atoms with Gasteiger partial charge in [0.25, 0.3) is 0 Å². The zero-order chi connectivity index (χ0) is 15.0. The Balaban J connectivity index is 2.25. The molecule has 0 atom stereocenters. The van der Waals surface area contributed by atoms with Crippen LogP contribution in [0, 0.1) is 5.41 Å². The first-order valence-electron chi connectivity index (χ1n) is 7.71. The molecule has 0 unspecified atom stereocenters. The lowest BCUT2D eigenvalue weighted by Crippen LogP contribution is -2.26. The number of rotatable bonds is 4. The second kappa shape index (κ2) is 5.64. The van der Waals surface area contributed by atoms with Crippen molar-refractivity contribution in [3.05, 3.63) is 10.6 Å². The molecule has 1 aliphatic rings. The summed E-state index contributed by atoms with van der Waals surface area (Å²) in [7, 11) is 0. The van der Waals surface area contributed by atoms with Gasteiger partial charge in [-0.1, -0.05) is 46.0 Å². The zero-order valence-electron chi connectivity index (χ0n) is 13.5. The van der Waals surface area contributed by atoms with E-state index in [2.05, 4.69) is 39.5 Å². The first-order valence-corrected chi connectivity index (χ1v) is 8.53. The predicted molar refractivity (Wildman–Crippen MR) is 86.6 cm³/mol. The quantitative estimate of drug-likeness (QED) is 0.914. The molecule has 114 valence electrons. The number of aliphatic hydroxyl groups excluding tert-OH is 1. The highest BCUT2D eigenvalue weighted by Gasteiger charge is 2.36. The third kappa shape index (κ3) is 2.86. The van der Waals surface area contributed by atoms with E-state index in [1.165, 1.54) is 19.3 Å². The molecule has 1 saturated heterocycles. The van der Waals surface area contributed by atoms with Gasteiger partial charge >= 0.3 is 0 Å². The van der Waals surface area contributed by atoms with Gasteiger partial charge in [0.1, 0.15) is 0 Å². The van der Waals surface area contributed by atoms with Crippen LogP contribution in [0.2, 0.25) is 0 Å². The molecular formula is C16H28N2OS. The summed E-state index contributed by atoms with van der Waals surface area (Å²) < 4.78 is 0. The van der Waals surface area contributed by atoms with Crippen LogP contribution in [0.15, 0.2) is 0 Å². The minimum absolute atomic E-state index is 0.000854. The van der Waals surface area contributed by atoms with E-state index in [0.717, 1.165) is 28.8 Å². The Morgan fingerprint density at radius 3 is 2.35 bits per heavy atom. The van der Waals surface area contributed by atoms with Gasteiger partial charge in [0, 0.05) is 18.5 Å². The molecule has 0 aliphatic carbocycles. The minimum Gasteiger partial charge on any atom is -0.391 e. The lowest BCUT2D eigenvalue weighted by Gasteiger charge is -2.26. The van der Waals surface area contributed by atoms with Gasteiger partial charge in [-0.3, -0.25) is 0 Å². The molecule has 0 radical (unpaired) electrons. The maximum absolute atomic E-state index is 9.58. The SMILES string of the molecule is CCC1(CC)CCN(c2nc(C(C)(C)C)c(CO)s2)C1. The van der Waals surface area contributed by atoms with Crippen molar-refractivity contribution >= 4 is 16.5 Å². The van der Waals surface area contributed by atoms with E-state index in [0.29, 0.717) is 5.41 Å². The summed E-state index contributed by atoms with van der Waals surface area (Å²) in [4.78, 5) is 8.30. The molecule has 1 N–H and O–H groups in total. The molecule has 2 rings (SSSR count). The van der Waals surface area contributed by atoms with Gasteiger partial charge in [0.15, 0.2) is 5.13 Å². The molecule has 0 aromatic carbocycles. The van der Waals surface area contributed by atoms with Crippen LogP contribution < -0.4 is 4.90 Å². The second-order valence-electron chi connectivity index (χ2n) is 7.05. The van der Waals surface area contributed by atoms with Crippen LogP contribution in [0.25, 0.3) is 0 Å². The van der Waals surface area contributed by atoms with Gasteiger partial charge in [-0.05, 0) is 24.7 Å². The monoisotopic (exact) mass is 296 g/mol. The van der Waals surface area contributed by atoms with Crippen molar-refractivity contribution < 1.29 is 5.11 Å². The summed E-state index contributed by atoms with van der Waals surface area (Å²) in [5, 5.41) is 10.7. The highest BCUT2D eigenvalue weighted by atomic mass is 32.1. The van der Waals surface area contributed by atoms with Crippen LogP contribution in [-0.2, 0) is 12.0 Å². The number of nitrogens with zero attached hydrogens (tertiary/aromatic N) is 2. The van der Waals surface area contributed by atoms with Crippen LogP contribution in [0.3, 0.4) is 0 Å². The Kier molecular flexibility index (Phi) is 4.45. The predicted octanol–water partition coefficient (Wildman–Crippen LogP) is 3.95. The normalized spacial score (nSPS) is 18.8. The maximum Gasteiger partial charge on any atom is 0.185 e. The number of anilines is 1. The van der Waals surface area contributed by atoms with Gasteiger partial charge in [-0.15, -0.1) is 0 Å². The van der Waals surface area contributed by atoms with Crippen molar-refractivity contribution in [1.82, 2.24) is 4.98 Å². The smallest absolute Gasteiger partial charge is 0.185 e. The van der Waals surface area contributed by atoms with Crippen molar-refractivity contribution in [1.29, 1.82) is 0 Å². The van der Waals surface area contributed by atoms with Gasteiger partial charge in [0.05, 0.1) is 17.2 Å². The van der Waals surface area contributed by atoms with Gasteiger partial charge < -0.3 is 10.0 Å². The van der Waals surface area contributed by atoms with E-state index in [1.807, 2.05) is 0 Å². The number of thiazole rings is 1. The fourth-order valence-corrected chi connectivity index (χ4v) is 4.25. The summed E-state index contributed by atoms with van der Waals surface area (Å²) in [5.41, 5.74) is 1.53. The molecule has 0 spiro atoms. The fraction of sp³-hybridized carbons (Fsp3) is 0.812. The summed E-state index contributed by atoms with van der Waals surface area (Å²) in [5.74, 6) is 0. The van der Waals surface area contributed by atoms with Crippen LogP contribution in [0.4, 0.5) is 5.13 Å². The van der Waals surface area contributed by atoms with Gasteiger partial charge in [0.2, 0.25) is 0 Å². The fourth-order valence-electron chi connectivity index (χ4n) is 3.09.